The maximum absolute atomic E-state index is 12.4. The predicted octanol–water partition coefficient (Wildman–Crippen LogP) is 2.02. The summed E-state index contributed by atoms with van der Waals surface area (Å²) in [5.41, 5.74) is 2.42. The quantitative estimate of drug-likeness (QED) is 0.777. The van der Waals surface area contributed by atoms with E-state index < -0.39 is 0 Å². The molecule has 0 bridgehead atoms. The molecule has 2 rings (SSSR count). The maximum Gasteiger partial charge on any atom is 0.233 e. The highest BCUT2D eigenvalue weighted by atomic mass is 32.2. The van der Waals surface area contributed by atoms with Crippen molar-refractivity contribution in [2.24, 2.45) is 7.05 Å². The van der Waals surface area contributed by atoms with Crippen LogP contribution < -0.4 is 5.32 Å². The van der Waals surface area contributed by atoms with Gasteiger partial charge in [0.05, 0.1) is 11.3 Å². The number of amides is 1. The highest BCUT2D eigenvalue weighted by molar-refractivity contribution is 8.00. The van der Waals surface area contributed by atoms with E-state index >= 15 is 0 Å². The van der Waals surface area contributed by atoms with E-state index in [-0.39, 0.29) is 17.2 Å². The van der Waals surface area contributed by atoms with Crippen LogP contribution in [-0.4, -0.2) is 51.5 Å². The van der Waals surface area contributed by atoms with E-state index in [4.69, 9.17) is 0 Å². The van der Waals surface area contributed by atoms with Crippen LogP contribution in [0, 0.1) is 6.92 Å². The fraction of sp³-hybridized carbons (Fsp3) is 0.471. The number of thioether (sulfide) groups is 1. The van der Waals surface area contributed by atoms with E-state index in [9.17, 15) is 4.79 Å². The summed E-state index contributed by atoms with van der Waals surface area (Å²) in [6.45, 7) is 4.52. The Balaban J connectivity index is 1.94. The lowest BCUT2D eigenvalue weighted by molar-refractivity contribution is -0.120. The molecule has 24 heavy (non-hydrogen) atoms. The molecule has 0 fully saturated rings. The Bertz CT molecular complexity index is 668. The first-order valence-corrected chi connectivity index (χ1v) is 8.77. The second-order valence-electron chi connectivity index (χ2n) is 6.12. The third kappa shape index (κ3) is 4.82. The number of carbonyl (C=O) groups excluding carboxylic acids is 1. The summed E-state index contributed by atoms with van der Waals surface area (Å²) in [6, 6.07) is 8.57. The third-order valence-electron chi connectivity index (χ3n) is 3.88. The van der Waals surface area contributed by atoms with Crippen molar-refractivity contribution in [1.82, 2.24) is 25.0 Å². The average Bonchev–Trinajstić information content (AvgIpc) is 2.93. The Hall–Kier alpha value is -1.86. The second-order valence-corrected chi connectivity index (χ2v) is 7.43. The normalized spacial score (nSPS) is 13.8. The lowest BCUT2D eigenvalue weighted by Crippen LogP contribution is -2.38. The first kappa shape index (κ1) is 18.5. The van der Waals surface area contributed by atoms with Crippen LogP contribution in [0.15, 0.2) is 35.7 Å². The lowest BCUT2D eigenvalue weighted by atomic mass is 10.0. The summed E-state index contributed by atoms with van der Waals surface area (Å²) < 4.78 is 1.81. The van der Waals surface area contributed by atoms with Gasteiger partial charge in [0.2, 0.25) is 5.91 Å². The van der Waals surface area contributed by atoms with Crippen LogP contribution in [0.3, 0.4) is 0 Å². The molecular weight excluding hydrogens is 322 g/mol. The maximum atomic E-state index is 12.4. The number of aromatic nitrogens is 3. The van der Waals surface area contributed by atoms with E-state index in [1.807, 2.05) is 32.6 Å². The average molecular weight is 347 g/mol. The summed E-state index contributed by atoms with van der Waals surface area (Å²) in [5.74, 6) is 0.00182. The van der Waals surface area contributed by atoms with Gasteiger partial charge in [0, 0.05) is 13.6 Å². The highest BCUT2D eigenvalue weighted by Gasteiger charge is 2.20. The van der Waals surface area contributed by atoms with Crippen LogP contribution in [0.2, 0.25) is 0 Å². The fourth-order valence-corrected chi connectivity index (χ4v) is 3.13. The number of hydrogen-bond acceptors (Lipinski definition) is 5. The van der Waals surface area contributed by atoms with Crippen molar-refractivity contribution in [1.29, 1.82) is 0 Å². The second kappa shape index (κ2) is 8.30. The van der Waals surface area contributed by atoms with Crippen molar-refractivity contribution >= 4 is 17.7 Å². The molecule has 7 heteroatoms. The van der Waals surface area contributed by atoms with Gasteiger partial charge in [-0.15, -0.1) is 10.2 Å². The number of likely N-dealkylation sites (N-methyl/N-ethyl adjacent to an activating group) is 1. The largest absolute Gasteiger partial charge is 0.353 e. The molecule has 0 aliphatic carbocycles. The van der Waals surface area contributed by atoms with Gasteiger partial charge in [0.25, 0.3) is 0 Å². The molecule has 0 aliphatic rings. The number of rotatable bonds is 7. The van der Waals surface area contributed by atoms with Gasteiger partial charge in [-0.1, -0.05) is 41.6 Å². The number of carbonyl (C=O) groups is 1. The first-order valence-electron chi connectivity index (χ1n) is 7.90. The molecule has 130 valence electrons. The van der Waals surface area contributed by atoms with Crippen LogP contribution in [0.4, 0.5) is 0 Å². The molecule has 1 aromatic heterocycles. The molecule has 0 saturated heterocycles. The van der Waals surface area contributed by atoms with E-state index in [1.54, 1.807) is 6.33 Å². The van der Waals surface area contributed by atoms with Gasteiger partial charge in [-0.2, -0.15) is 0 Å². The molecule has 1 N–H and O–H groups in total. The van der Waals surface area contributed by atoms with Crippen molar-refractivity contribution in [3.63, 3.8) is 0 Å². The zero-order valence-electron chi connectivity index (χ0n) is 14.9. The fourth-order valence-electron chi connectivity index (χ4n) is 2.32. The minimum Gasteiger partial charge on any atom is -0.353 e. The molecule has 0 radical (unpaired) electrons. The number of aryl methyl sites for hydroxylation is 2. The van der Waals surface area contributed by atoms with Crippen LogP contribution in [0.5, 0.6) is 0 Å². The van der Waals surface area contributed by atoms with Gasteiger partial charge in [0.15, 0.2) is 5.16 Å². The molecule has 6 nitrogen and oxygen atoms in total. The molecule has 1 heterocycles. The smallest absolute Gasteiger partial charge is 0.233 e. The number of nitrogens with zero attached hydrogens (tertiary/aromatic N) is 4. The first-order chi connectivity index (χ1) is 11.4. The molecule has 2 atom stereocenters. The zero-order chi connectivity index (χ0) is 17.7. The Labute approximate surface area is 147 Å². The minimum atomic E-state index is -0.228. The molecule has 1 amide bonds. The zero-order valence-corrected chi connectivity index (χ0v) is 15.7. The summed E-state index contributed by atoms with van der Waals surface area (Å²) >= 11 is 1.41. The van der Waals surface area contributed by atoms with Crippen LogP contribution >= 0.6 is 11.8 Å². The van der Waals surface area contributed by atoms with Gasteiger partial charge in [-0.25, -0.2) is 0 Å². The van der Waals surface area contributed by atoms with E-state index in [1.165, 1.54) is 22.9 Å². The van der Waals surface area contributed by atoms with Crippen LogP contribution in [0.25, 0.3) is 0 Å². The monoisotopic (exact) mass is 347 g/mol. The van der Waals surface area contributed by atoms with Crippen LogP contribution in [0.1, 0.15) is 24.1 Å². The van der Waals surface area contributed by atoms with Gasteiger partial charge >= 0.3 is 0 Å². The van der Waals surface area contributed by atoms with Gasteiger partial charge in [-0.3, -0.25) is 4.79 Å². The standard InChI is InChI=1S/C17H25N5OS/c1-12-6-8-14(9-7-12)15(21(3)4)10-18-16(23)13(2)24-17-20-19-11-22(17)5/h6-9,11,13,15H,10H2,1-5H3,(H,18,23)/t13-,15+/m1/s1. The van der Waals surface area contributed by atoms with Gasteiger partial charge in [-0.05, 0) is 33.5 Å². The summed E-state index contributed by atoms with van der Waals surface area (Å²) in [4.78, 5) is 14.5. The molecule has 0 unspecified atom stereocenters. The summed E-state index contributed by atoms with van der Waals surface area (Å²) in [6.07, 6.45) is 1.63. The Kier molecular flexibility index (Phi) is 6.39. The number of benzene rings is 1. The minimum absolute atomic E-state index is 0.00182. The van der Waals surface area contributed by atoms with Crippen molar-refractivity contribution in [3.8, 4) is 0 Å². The summed E-state index contributed by atoms with van der Waals surface area (Å²) in [5, 5.41) is 11.4. The van der Waals surface area contributed by atoms with Crippen molar-refractivity contribution in [2.75, 3.05) is 20.6 Å². The molecule has 0 saturated carbocycles. The molecule has 0 spiro atoms. The van der Waals surface area contributed by atoms with Gasteiger partial charge < -0.3 is 14.8 Å². The molecule has 2 aromatic rings. The van der Waals surface area contributed by atoms with E-state index in [0.717, 1.165) is 5.16 Å². The van der Waals surface area contributed by atoms with Crippen LogP contribution in [-0.2, 0) is 11.8 Å². The SMILES string of the molecule is Cc1ccc([C@H](CNC(=O)[C@@H](C)Sc2nncn2C)N(C)C)cc1. The Morgan fingerprint density at radius 3 is 2.54 bits per heavy atom. The molecule has 1 aromatic carbocycles. The lowest BCUT2D eigenvalue weighted by Gasteiger charge is -2.26. The van der Waals surface area contributed by atoms with Crippen molar-refractivity contribution < 1.29 is 4.79 Å². The predicted molar refractivity (Wildman–Crippen MR) is 96.9 cm³/mol. The van der Waals surface area contributed by atoms with Gasteiger partial charge in [0.1, 0.15) is 6.33 Å². The van der Waals surface area contributed by atoms with Crippen molar-refractivity contribution in [2.45, 2.75) is 30.3 Å². The summed E-state index contributed by atoms with van der Waals surface area (Å²) in [7, 11) is 5.91. The molecular formula is C17H25N5OS. The number of nitrogens with one attached hydrogen (secondary N) is 1. The Morgan fingerprint density at radius 2 is 2.00 bits per heavy atom. The van der Waals surface area contributed by atoms with E-state index in [0.29, 0.717) is 6.54 Å². The topological polar surface area (TPSA) is 63.1 Å². The number of hydrogen-bond donors (Lipinski definition) is 1. The van der Waals surface area contributed by atoms with E-state index in [2.05, 4.69) is 51.6 Å². The van der Waals surface area contributed by atoms with Crippen molar-refractivity contribution in [3.05, 3.63) is 41.7 Å². The third-order valence-corrected chi connectivity index (χ3v) is 5.02. The molecule has 0 aliphatic heterocycles. The highest BCUT2D eigenvalue weighted by Crippen LogP contribution is 2.21. The Morgan fingerprint density at radius 1 is 1.33 bits per heavy atom.